The van der Waals surface area contributed by atoms with Gasteiger partial charge in [-0.05, 0) is 12.5 Å². The van der Waals surface area contributed by atoms with Gasteiger partial charge in [0, 0.05) is 13.7 Å². The van der Waals surface area contributed by atoms with E-state index in [1.54, 1.807) is 7.11 Å². The van der Waals surface area contributed by atoms with E-state index in [1.165, 1.54) is 0 Å². The Kier molecular flexibility index (Phi) is 2.84. The van der Waals surface area contributed by atoms with Crippen LogP contribution in [0, 0.1) is 0 Å². The largest absolute Gasteiger partial charge is 0.372 e. The van der Waals surface area contributed by atoms with Gasteiger partial charge in [-0.2, -0.15) is 0 Å². The van der Waals surface area contributed by atoms with Crippen molar-refractivity contribution in [3.8, 4) is 0 Å². The van der Waals surface area contributed by atoms with Crippen LogP contribution in [0.3, 0.4) is 0 Å². The highest BCUT2D eigenvalue weighted by Gasteiger charge is 2.23. The van der Waals surface area contributed by atoms with Crippen molar-refractivity contribution in [1.29, 1.82) is 0 Å². The predicted octanol–water partition coefficient (Wildman–Crippen LogP) is 1.51. The minimum atomic E-state index is -0.346. The molecule has 1 aromatic rings. The third-order valence-corrected chi connectivity index (χ3v) is 2.22. The van der Waals surface area contributed by atoms with E-state index >= 15 is 0 Å². The molecule has 2 N–H and O–H groups in total. The van der Waals surface area contributed by atoms with E-state index in [1.807, 2.05) is 37.3 Å². The Bertz CT molecular complexity index is 229. The minimum Gasteiger partial charge on any atom is -0.372 e. The van der Waals surface area contributed by atoms with E-state index in [4.69, 9.17) is 10.5 Å². The molecule has 0 saturated heterocycles. The fraction of sp³-hybridized carbons (Fsp3) is 0.400. The second-order valence-corrected chi connectivity index (χ2v) is 3.01. The highest BCUT2D eigenvalue weighted by Crippen LogP contribution is 2.22. The van der Waals surface area contributed by atoms with Gasteiger partial charge >= 0.3 is 0 Å². The molecule has 2 nitrogen and oxygen atoms in total. The topological polar surface area (TPSA) is 35.2 Å². The number of hydrogen-bond donors (Lipinski definition) is 1. The van der Waals surface area contributed by atoms with Crippen LogP contribution in [-0.4, -0.2) is 13.7 Å². The molecule has 1 aromatic carbocycles. The van der Waals surface area contributed by atoms with E-state index in [9.17, 15) is 0 Å². The second-order valence-electron chi connectivity index (χ2n) is 3.01. The number of benzene rings is 1. The molecule has 2 heteroatoms. The van der Waals surface area contributed by atoms with Crippen LogP contribution in [0.15, 0.2) is 30.3 Å². The molecule has 0 bridgehead atoms. The van der Waals surface area contributed by atoms with Crippen molar-refractivity contribution >= 4 is 0 Å². The van der Waals surface area contributed by atoms with Crippen LogP contribution in [0.1, 0.15) is 12.5 Å². The highest BCUT2D eigenvalue weighted by atomic mass is 16.5. The average molecular weight is 165 g/mol. The molecule has 0 spiro atoms. The summed E-state index contributed by atoms with van der Waals surface area (Å²) in [5, 5.41) is 0. The molecule has 0 amide bonds. The quantitative estimate of drug-likeness (QED) is 0.736. The normalized spacial score (nSPS) is 15.6. The Morgan fingerprint density at radius 3 is 2.33 bits per heavy atom. The molecule has 0 unspecified atom stereocenters. The molecule has 1 atom stereocenters. The van der Waals surface area contributed by atoms with Crippen molar-refractivity contribution in [2.75, 3.05) is 13.7 Å². The van der Waals surface area contributed by atoms with Gasteiger partial charge in [0.05, 0.1) is 0 Å². The van der Waals surface area contributed by atoms with Crippen molar-refractivity contribution < 1.29 is 4.74 Å². The second kappa shape index (κ2) is 3.70. The molecule has 0 aliphatic heterocycles. The van der Waals surface area contributed by atoms with Gasteiger partial charge in [-0.1, -0.05) is 30.3 Å². The number of ether oxygens (including phenoxy) is 1. The zero-order valence-corrected chi connectivity index (χ0v) is 7.58. The smallest absolute Gasteiger partial charge is 0.102 e. The van der Waals surface area contributed by atoms with Gasteiger partial charge in [-0.3, -0.25) is 0 Å². The molecule has 0 aliphatic rings. The molecular formula is C10H15NO. The Balaban J connectivity index is 2.95. The van der Waals surface area contributed by atoms with Gasteiger partial charge in [0.15, 0.2) is 0 Å². The maximum absolute atomic E-state index is 5.62. The Morgan fingerprint density at radius 1 is 1.33 bits per heavy atom. The maximum Gasteiger partial charge on any atom is 0.102 e. The van der Waals surface area contributed by atoms with Crippen LogP contribution < -0.4 is 5.73 Å². The molecule has 1 rings (SSSR count). The first-order valence-corrected chi connectivity index (χ1v) is 4.03. The summed E-state index contributed by atoms with van der Waals surface area (Å²) in [5.41, 5.74) is 6.40. The summed E-state index contributed by atoms with van der Waals surface area (Å²) in [4.78, 5) is 0. The highest BCUT2D eigenvalue weighted by molar-refractivity contribution is 5.22. The van der Waals surface area contributed by atoms with Gasteiger partial charge in [-0.15, -0.1) is 0 Å². The summed E-state index contributed by atoms with van der Waals surface area (Å²) < 4.78 is 5.35. The number of hydrogen-bond acceptors (Lipinski definition) is 2. The van der Waals surface area contributed by atoms with E-state index < -0.39 is 0 Å². The lowest BCUT2D eigenvalue weighted by molar-refractivity contribution is 0.0101. The molecule has 0 aromatic heterocycles. The van der Waals surface area contributed by atoms with E-state index in [2.05, 4.69) is 0 Å². The molecule has 0 radical (unpaired) electrons. The average Bonchev–Trinajstić information content (AvgIpc) is 2.18. The standard InChI is InChI=1S/C10H15NO/c1-10(8-11,12-2)9-6-4-3-5-7-9/h3-7H,8,11H2,1-2H3/t10-/m1/s1. The molecule has 12 heavy (non-hydrogen) atoms. The third kappa shape index (κ3) is 1.65. The van der Waals surface area contributed by atoms with E-state index in [0.29, 0.717) is 6.54 Å². The van der Waals surface area contributed by atoms with Crippen LogP contribution in [0.25, 0.3) is 0 Å². The van der Waals surface area contributed by atoms with Crippen molar-refractivity contribution in [3.63, 3.8) is 0 Å². The van der Waals surface area contributed by atoms with Crippen molar-refractivity contribution in [1.82, 2.24) is 0 Å². The monoisotopic (exact) mass is 165 g/mol. The van der Waals surface area contributed by atoms with Crippen LogP contribution in [0.5, 0.6) is 0 Å². The summed E-state index contributed by atoms with van der Waals surface area (Å²) in [5.74, 6) is 0. The molecule has 66 valence electrons. The van der Waals surface area contributed by atoms with Gasteiger partial charge in [0.1, 0.15) is 5.60 Å². The summed E-state index contributed by atoms with van der Waals surface area (Å²) in [6.45, 7) is 2.48. The number of rotatable bonds is 3. The zero-order chi connectivity index (χ0) is 9.03. The Hall–Kier alpha value is -0.860. The molecule has 0 fully saturated rings. The molecule has 0 aliphatic carbocycles. The maximum atomic E-state index is 5.62. The number of nitrogens with two attached hydrogens (primary N) is 1. The van der Waals surface area contributed by atoms with Crippen LogP contribution in [-0.2, 0) is 10.3 Å². The summed E-state index contributed by atoms with van der Waals surface area (Å²) in [6.07, 6.45) is 0. The number of methoxy groups -OCH3 is 1. The fourth-order valence-electron chi connectivity index (χ4n) is 1.11. The first kappa shape index (κ1) is 9.23. The van der Waals surface area contributed by atoms with Crippen molar-refractivity contribution in [2.24, 2.45) is 5.73 Å². The molecule has 0 saturated carbocycles. The minimum absolute atomic E-state index is 0.346. The van der Waals surface area contributed by atoms with Gasteiger partial charge in [0.2, 0.25) is 0 Å². The fourth-order valence-corrected chi connectivity index (χ4v) is 1.11. The third-order valence-electron chi connectivity index (χ3n) is 2.22. The van der Waals surface area contributed by atoms with Crippen LogP contribution >= 0.6 is 0 Å². The first-order valence-electron chi connectivity index (χ1n) is 4.03. The molecular weight excluding hydrogens is 150 g/mol. The lowest BCUT2D eigenvalue weighted by atomic mass is 9.96. The summed E-state index contributed by atoms with van der Waals surface area (Å²) in [6, 6.07) is 10.0. The predicted molar refractivity (Wildman–Crippen MR) is 49.9 cm³/mol. The van der Waals surface area contributed by atoms with Crippen LogP contribution in [0.4, 0.5) is 0 Å². The Morgan fingerprint density at radius 2 is 1.92 bits per heavy atom. The van der Waals surface area contributed by atoms with E-state index in [-0.39, 0.29) is 5.60 Å². The van der Waals surface area contributed by atoms with Gasteiger partial charge < -0.3 is 10.5 Å². The van der Waals surface area contributed by atoms with Gasteiger partial charge in [-0.25, -0.2) is 0 Å². The molecule has 0 heterocycles. The SMILES string of the molecule is CO[C@](C)(CN)c1ccccc1. The lowest BCUT2D eigenvalue weighted by Crippen LogP contribution is -2.33. The van der Waals surface area contributed by atoms with Crippen molar-refractivity contribution in [3.05, 3.63) is 35.9 Å². The first-order chi connectivity index (χ1) is 5.73. The summed E-state index contributed by atoms with van der Waals surface area (Å²) in [7, 11) is 1.68. The van der Waals surface area contributed by atoms with Gasteiger partial charge in [0.25, 0.3) is 0 Å². The summed E-state index contributed by atoms with van der Waals surface area (Å²) >= 11 is 0. The van der Waals surface area contributed by atoms with Crippen molar-refractivity contribution in [2.45, 2.75) is 12.5 Å². The van der Waals surface area contributed by atoms with E-state index in [0.717, 1.165) is 5.56 Å². The zero-order valence-electron chi connectivity index (χ0n) is 7.58. The van der Waals surface area contributed by atoms with Crippen LogP contribution in [0.2, 0.25) is 0 Å². The Labute approximate surface area is 73.3 Å². The lowest BCUT2D eigenvalue weighted by Gasteiger charge is -2.26.